The molecule has 0 aromatic carbocycles. The summed E-state index contributed by atoms with van der Waals surface area (Å²) in [4.78, 5) is 0. The van der Waals surface area contributed by atoms with Gasteiger partial charge >= 0.3 is 0 Å². The van der Waals surface area contributed by atoms with E-state index in [1.807, 2.05) is 11.3 Å². The van der Waals surface area contributed by atoms with E-state index >= 15 is 0 Å². The Morgan fingerprint density at radius 2 is 2.26 bits per heavy atom. The minimum atomic E-state index is 0.514. The normalized spacial score (nSPS) is 24.3. The fourth-order valence-corrected chi connectivity index (χ4v) is 4.43. The van der Waals surface area contributed by atoms with Crippen LogP contribution in [-0.2, 0) is 6.42 Å². The fraction of sp³-hybridized carbons (Fsp3) is 0.765. The monoisotopic (exact) mass is 279 g/mol. The summed E-state index contributed by atoms with van der Waals surface area (Å²) in [5, 5.41) is 8.27. The Kier molecular flexibility index (Phi) is 5.47. The lowest BCUT2D eigenvalue weighted by Gasteiger charge is -2.43. The lowest BCUT2D eigenvalue weighted by molar-refractivity contribution is 0.0954. The van der Waals surface area contributed by atoms with Crippen molar-refractivity contribution in [2.75, 3.05) is 6.54 Å². The van der Waals surface area contributed by atoms with Crippen molar-refractivity contribution in [1.29, 1.82) is 0 Å². The van der Waals surface area contributed by atoms with E-state index in [4.69, 9.17) is 0 Å². The van der Waals surface area contributed by atoms with E-state index in [-0.39, 0.29) is 0 Å². The number of thiophene rings is 1. The largest absolute Gasteiger partial charge is 0.314 e. The van der Waals surface area contributed by atoms with E-state index in [1.165, 1.54) is 44.1 Å². The number of aryl methyl sites for hydroxylation is 1. The first kappa shape index (κ1) is 15.1. The zero-order chi connectivity index (χ0) is 13.7. The van der Waals surface area contributed by atoms with Gasteiger partial charge in [0.15, 0.2) is 0 Å². The highest BCUT2D eigenvalue weighted by atomic mass is 32.1. The number of hydrogen-bond acceptors (Lipinski definition) is 2. The van der Waals surface area contributed by atoms with Gasteiger partial charge in [-0.15, -0.1) is 0 Å². The number of hydrogen-bond donors (Lipinski definition) is 1. The molecule has 1 aromatic heterocycles. The molecule has 2 heteroatoms. The molecule has 1 heterocycles. The second kappa shape index (κ2) is 6.90. The Morgan fingerprint density at radius 3 is 2.89 bits per heavy atom. The molecule has 1 nitrogen and oxygen atoms in total. The number of rotatable bonds is 6. The Labute approximate surface area is 122 Å². The molecule has 2 atom stereocenters. The van der Waals surface area contributed by atoms with Gasteiger partial charge in [0.2, 0.25) is 0 Å². The summed E-state index contributed by atoms with van der Waals surface area (Å²) in [7, 11) is 0. The third-order valence-corrected chi connectivity index (χ3v) is 5.60. The molecule has 1 saturated carbocycles. The SMILES string of the molecule is CCNC(CCc1ccsc1)C1CCCCC1(C)C. The van der Waals surface area contributed by atoms with Crippen LogP contribution in [0.2, 0.25) is 0 Å². The van der Waals surface area contributed by atoms with Crippen molar-refractivity contribution in [3.05, 3.63) is 22.4 Å². The van der Waals surface area contributed by atoms with Gasteiger partial charge in [-0.3, -0.25) is 0 Å². The lowest BCUT2D eigenvalue weighted by Crippen LogP contribution is -2.45. The molecule has 19 heavy (non-hydrogen) atoms. The van der Waals surface area contributed by atoms with Crippen LogP contribution < -0.4 is 5.32 Å². The standard InChI is InChI=1S/C17H29NS/c1-4-18-16(9-8-14-10-12-19-13-14)15-7-5-6-11-17(15,2)3/h10,12-13,15-16,18H,4-9,11H2,1-3H3. The molecule has 1 N–H and O–H groups in total. The summed E-state index contributed by atoms with van der Waals surface area (Å²) in [6, 6.07) is 2.97. The Hall–Kier alpha value is -0.340. The van der Waals surface area contributed by atoms with E-state index in [0.29, 0.717) is 11.5 Å². The molecular weight excluding hydrogens is 250 g/mol. The average Bonchev–Trinajstić information content (AvgIpc) is 2.87. The van der Waals surface area contributed by atoms with Crippen LogP contribution in [0, 0.1) is 11.3 Å². The summed E-state index contributed by atoms with van der Waals surface area (Å²) in [5.41, 5.74) is 2.03. The van der Waals surface area contributed by atoms with Crippen molar-refractivity contribution >= 4 is 11.3 Å². The van der Waals surface area contributed by atoms with Gasteiger partial charge in [-0.25, -0.2) is 0 Å². The predicted octanol–water partition coefficient (Wildman–Crippen LogP) is 4.88. The zero-order valence-corrected chi connectivity index (χ0v) is 13.6. The molecular formula is C17H29NS. The van der Waals surface area contributed by atoms with Crippen molar-refractivity contribution in [3.8, 4) is 0 Å². The molecule has 1 fully saturated rings. The molecule has 0 spiro atoms. The topological polar surface area (TPSA) is 12.0 Å². The minimum absolute atomic E-state index is 0.514. The van der Waals surface area contributed by atoms with E-state index in [9.17, 15) is 0 Å². The van der Waals surface area contributed by atoms with E-state index < -0.39 is 0 Å². The van der Waals surface area contributed by atoms with Crippen LogP contribution in [0.15, 0.2) is 16.8 Å². The van der Waals surface area contributed by atoms with Gasteiger partial charge in [0.05, 0.1) is 0 Å². The molecule has 1 aliphatic rings. The van der Waals surface area contributed by atoms with Crippen molar-refractivity contribution in [3.63, 3.8) is 0 Å². The van der Waals surface area contributed by atoms with Gasteiger partial charge in [0.1, 0.15) is 0 Å². The van der Waals surface area contributed by atoms with Crippen LogP contribution in [0.3, 0.4) is 0 Å². The third kappa shape index (κ3) is 4.06. The van der Waals surface area contributed by atoms with Crippen molar-refractivity contribution in [2.45, 2.75) is 65.3 Å². The smallest absolute Gasteiger partial charge is 0.0103 e. The third-order valence-electron chi connectivity index (χ3n) is 4.87. The molecule has 0 saturated heterocycles. The fourth-order valence-electron chi connectivity index (χ4n) is 3.73. The molecule has 0 amide bonds. The van der Waals surface area contributed by atoms with E-state index in [2.05, 4.69) is 42.9 Å². The molecule has 108 valence electrons. The summed E-state index contributed by atoms with van der Waals surface area (Å²) in [6.07, 6.45) is 8.18. The van der Waals surface area contributed by atoms with Crippen molar-refractivity contribution < 1.29 is 0 Å². The molecule has 0 aliphatic heterocycles. The lowest BCUT2D eigenvalue weighted by atomic mass is 9.65. The Bertz CT molecular complexity index is 355. The minimum Gasteiger partial charge on any atom is -0.314 e. The predicted molar refractivity (Wildman–Crippen MR) is 85.8 cm³/mol. The van der Waals surface area contributed by atoms with Crippen LogP contribution in [0.5, 0.6) is 0 Å². The molecule has 1 aromatic rings. The molecule has 2 unspecified atom stereocenters. The van der Waals surface area contributed by atoms with E-state index in [1.54, 1.807) is 0 Å². The van der Waals surface area contributed by atoms with Gasteiger partial charge in [0, 0.05) is 6.04 Å². The molecule has 0 radical (unpaired) electrons. The van der Waals surface area contributed by atoms with Crippen molar-refractivity contribution in [1.82, 2.24) is 5.32 Å². The molecule has 2 rings (SSSR count). The Balaban J connectivity index is 1.97. The zero-order valence-electron chi connectivity index (χ0n) is 12.7. The van der Waals surface area contributed by atoms with Gasteiger partial charge < -0.3 is 5.32 Å². The molecule has 0 bridgehead atoms. The maximum Gasteiger partial charge on any atom is 0.0103 e. The maximum atomic E-state index is 3.77. The van der Waals surface area contributed by atoms with Crippen LogP contribution in [0.1, 0.15) is 58.4 Å². The Morgan fingerprint density at radius 1 is 1.42 bits per heavy atom. The molecule has 1 aliphatic carbocycles. The summed E-state index contributed by atoms with van der Waals surface area (Å²) >= 11 is 1.82. The van der Waals surface area contributed by atoms with Crippen molar-refractivity contribution in [2.24, 2.45) is 11.3 Å². The second-order valence-corrected chi connectivity index (χ2v) is 7.46. The maximum absolute atomic E-state index is 3.77. The van der Waals surface area contributed by atoms with Gasteiger partial charge in [-0.1, -0.05) is 33.6 Å². The summed E-state index contributed by atoms with van der Waals surface area (Å²) < 4.78 is 0. The number of nitrogens with one attached hydrogen (secondary N) is 1. The van der Waals surface area contributed by atoms with Gasteiger partial charge in [-0.2, -0.15) is 11.3 Å². The highest BCUT2D eigenvalue weighted by Crippen LogP contribution is 2.43. The average molecular weight is 279 g/mol. The first-order chi connectivity index (χ1) is 9.13. The van der Waals surface area contributed by atoms with Gasteiger partial charge in [-0.05, 0) is 66.0 Å². The quantitative estimate of drug-likeness (QED) is 0.783. The summed E-state index contributed by atoms with van der Waals surface area (Å²) in [6.45, 7) is 8.30. The van der Waals surface area contributed by atoms with Crippen LogP contribution >= 0.6 is 11.3 Å². The van der Waals surface area contributed by atoms with Crippen LogP contribution in [-0.4, -0.2) is 12.6 Å². The second-order valence-electron chi connectivity index (χ2n) is 6.68. The highest BCUT2D eigenvalue weighted by molar-refractivity contribution is 7.07. The summed E-state index contributed by atoms with van der Waals surface area (Å²) in [5.74, 6) is 0.847. The van der Waals surface area contributed by atoms with Crippen LogP contribution in [0.25, 0.3) is 0 Å². The first-order valence-corrected chi connectivity index (χ1v) is 8.82. The van der Waals surface area contributed by atoms with Crippen LogP contribution in [0.4, 0.5) is 0 Å². The highest BCUT2D eigenvalue weighted by Gasteiger charge is 2.36. The first-order valence-electron chi connectivity index (χ1n) is 7.88. The van der Waals surface area contributed by atoms with E-state index in [0.717, 1.165) is 12.5 Å². The van der Waals surface area contributed by atoms with Gasteiger partial charge in [0.25, 0.3) is 0 Å².